The Morgan fingerprint density at radius 1 is 0.314 bits per heavy atom. The van der Waals surface area contributed by atoms with Crippen molar-refractivity contribution in [2.45, 2.75) is 36.1 Å². The number of fused-ring (bicyclic) bond motifs is 3. The maximum absolute atomic E-state index is 11.3. The number of ether oxygens (including phenoxy) is 3. The number of rotatable bonds is 3. The molecule has 6 atom stereocenters. The van der Waals surface area contributed by atoms with E-state index in [0.717, 1.165) is 50.1 Å². The highest BCUT2D eigenvalue weighted by Gasteiger charge is 2.52. The van der Waals surface area contributed by atoms with Gasteiger partial charge in [-0.15, -0.1) is 0 Å². The van der Waals surface area contributed by atoms with Crippen LogP contribution in [0.2, 0.25) is 0 Å². The standard InChI is InChI=1S/C42H30O9/c43-22-7-1-19(2-8-22)40-37-28-13-25(46)17-32-35(28)39(42(50-32)21-5-11-24(45)12-6-21)30-15-27(48)18-33-36(30)38(29-14-26(47)16-31(49-40)34(29)37)41(51-33)20-3-9-23(44)10-4-20/h1-18,37-48H/t37-,38-,39+,40?,41?,42?/m0/s1. The summed E-state index contributed by atoms with van der Waals surface area (Å²) in [5.41, 5.74) is 6.97. The fraction of sp³-hybridized carbons (Fsp3) is 0.143. The van der Waals surface area contributed by atoms with E-state index in [2.05, 4.69) is 0 Å². The first-order valence-electron chi connectivity index (χ1n) is 16.7. The number of phenols is 6. The summed E-state index contributed by atoms with van der Waals surface area (Å²) in [7, 11) is 0. The number of hydrogen-bond donors (Lipinski definition) is 6. The van der Waals surface area contributed by atoms with E-state index < -0.39 is 36.1 Å². The largest absolute Gasteiger partial charge is 0.508 e. The van der Waals surface area contributed by atoms with Gasteiger partial charge >= 0.3 is 0 Å². The molecule has 1 aliphatic carbocycles. The molecule has 6 aromatic rings. The fourth-order valence-corrected chi connectivity index (χ4v) is 8.76. The summed E-state index contributed by atoms with van der Waals surface area (Å²) in [6.45, 7) is 0. The van der Waals surface area contributed by atoms with E-state index in [1.807, 2.05) is 0 Å². The molecule has 4 aliphatic rings. The molecule has 0 aromatic heterocycles. The lowest BCUT2D eigenvalue weighted by atomic mass is 9.76. The van der Waals surface area contributed by atoms with Gasteiger partial charge in [-0.3, -0.25) is 0 Å². The van der Waals surface area contributed by atoms with Gasteiger partial charge in [-0.25, -0.2) is 0 Å². The first-order valence-corrected chi connectivity index (χ1v) is 16.7. The minimum atomic E-state index is -0.635. The normalized spacial score (nSPS) is 23.1. The van der Waals surface area contributed by atoms with Gasteiger partial charge in [0.05, 0.1) is 17.8 Å². The fourth-order valence-electron chi connectivity index (χ4n) is 8.76. The summed E-state index contributed by atoms with van der Waals surface area (Å²) < 4.78 is 20.3. The third kappa shape index (κ3) is 4.34. The van der Waals surface area contributed by atoms with Crippen molar-refractivity contribution in [3.8, 4) is 51.7 Å². The second-order valence-electron chi connectivity index (χ2n) is 13.7. The predicted octanol–water partition coefficient (Wildman–Crippen LogP) is 8.03. The molecule has 3 aliphatic heterocycles. The molecule has 9 heteroatoms. The highest BCUT2D eigenvalue weighted by molar-refractivity contribution is 5.70. The topological polar surface area (TPSA) is 149 Å². The molecule has 10 rings (SSSR count). The van der Waals surface area contributed by atoms with Crippen LogP contribution in [0.5, 0.6) is 51.7 Å². The van der Waals surface area contributed by atoms with Crippen molar-refractivity contribution in [1.29, 1.82) is 0 Å². The lowest BCUT2D eigenvalue weighted by molar-refractivity contribution is 0.219. The summed E-state index contributed by atoms with van der Waals surface area (Å²) in [4.78, 5) is 0. The van der Waals surface area contributed by atoms with Crippen LogP contribution in [0.1, 0.15) is 86.1 Å². The van der Waals surface area contributed by atoms with E-state index >= 15 is 0 Å². The summed E-state index contributed by atoms with van der Waals surface area (Å²) >= 11 is 0. The van der Waals surface area contributed by atoms with Crippen LogP contribution in [0.25, 0.3) is 0 Å². The van der Waals surface area contributed by atoms with Gasteiger partial charge in [0.25, 0.3) is 0 Å². The Balaban J connectivity index is 1.33. The van der Waals surface area contributed by atoms with E-state index in [1.54, 1.807) is 109 Å². The minimum Gasteiger partial charge on any atom is -0.508 e. The molecule has 252 valence electrons. The Kier molecular flexibility index (Phi) is 6.07. The van der Waals surface area contributed by atoms with Gasteiger partial charge in [-0.1, -0.05) is 36.4 Å². The molecule has 0 saturated carbocycles. The summed E-state index contributed by atoms with van der Waals surface area (Å²) in [6.07, 6.45) is -1.91. The van der Waals surface area contributed by atoms with E-state index in [-0.39, 0.29) is 34.5 Å². The molecule has 6 aromatic carbocycles. The van der Waals surface area contributed by atoms with Crippen LogP contribution < -0.4 is 14.2 Å². The molecule has 0 amide bonds. The average Bonchev–Trinajstić information content (AvgIpc) is 3.80. The van der Waals surface area contributed by atoms with Gasteiger partial charge in [-0.2, -0.15) is 0 Å². The molecule has 0 saturated heterocycles. The first kappa shape index (κ1) is 29.4. The van der Waals surface area contributed by atoms with Gasteiger partial charge in [0, 0.05) is 34.9 Å². The second kappa shape index (κ2) is 10.5. The van der Waals surface area contributed by atoms with E-state index in [1.165, 1.54) is 0 Å². The maximum atomic E-state index is 11.3. The average molecular weight is 679 g/mol. The zero-order valence-electron chi connectivity index (χ0n) is 26.8. The van der Waals surface area contributed by atoms with Crippen molar-refractivity contribution in [3.05, 3.63) is 159 Å². The smallest absolute Gasteiger partial charge is 0.135 e. The third-order valence-corrected chi connectivity index (χ3v) is 10.7. The minimum absolute atomic E-state index is 0.00268. The molecule has 9 nitrogen and oxygen atoms in total. The van der Waals surface area contributed by atoms with Crippen LogP contribution in [-0.2, 0) is 0 Å². The van der Waals surface area contributed by atoms with Gasteiger partial charge in [0.2, 0.25) is 0 Å². The number of benzene rings is 6. The third-order valence-electron chi connectivity index (χ3n) is 10.7. The SMILES string of the molecule is Oc1ccc(C2Oc3cc(O)cc4c3[C@H]2c2cc(O)cc3c2[C@H](c2cc(O)cc5c2[C@H]4C(c2ccc(O)cc2)O5)C(c2ccc(O)cc2)O3)cc1. The van der Waals surface area contributed by atoms with Gasteiger partial charge in [0.1, 0.15) is 70.1 Å². The molecule has 6 N–H and O–H groups in total. The van der Waals surface area contributed by atoms with Crippen molar-refractivity contribution in [1.82, 2.24) is 0 Å². The zero-order valence-corrected chi connectivity index (χ0v) is 26.8. The van der Waals surface area contributed by atoms with Crippen molar-refractivity contribution < 1.29 is 44.8 Å². The number of phenolic OH excluding ortho intramolecular Hbond substituents is 6. The number of hydrogen-bond acceptors (Lipinski definition) is 9. The van der Waals surface area contributed by atoms with Gasteiger partial charge in [-0.05, 0) is 88.0 Å². The molecular formula is C42H30O9. The van der Waals surface area contributed by atoms with E-state index in [9.17, 15) is 30.6 Å². The van der Waals surface area contributed by atoms with Gasteiger partial charge in [0.15, 0.2) is 0 Å². The molecule has 0 fully saturated rings. The Labute approximate surface area is 291 Å². The monoisotopic (exact) mass is 678 g/mol. The zero-order chi connectivity index (χ0) is 34.7. The molecule has 0 radical (unpaired) electrons. The molecule has 51 heavy (non-hydrogen) atoms. The Morgan fingerprint density at radius 3 is 0.824 bits per heavy atom. The van der Waals surface area contributed by atoms with Crippen molar-refractivity contribution in [2.75, 3.05) is 0 Å². The number of aromatic hydroxyl groups is 6. The summed E-state index contributed by atoms with van der Waals surface area (Å²) in [5, 5.41) is 64.5. The van der Waals surface area contributed by atoms with Crippen molar-refractivity contribution >= 4 is 0 Å². The van der Waals surface area contributed by atoms with Crippen LogP contribution >= 0.6 is 0 Å². The van der Waals surface area contributed by atoms with E-state index in [0.29, 0.717) is 17.2 Å². The van der Waals surface area contributed by atoms with Crippen LogP contribution in [0, 0.1) is 0 Å². The second-order valence-corrected chi connectivity index (χ2v) is 13.7. The Bertz CT molecular complexity index is 2120. The Hall–Kier alpha value is -6.48. The van der Waals surface area contributed by atoms with Crippen LogP contribution in [0.3, 0.4) is 0 Å². The molecule has 3 unspecified atom stereocenters. The van der Waals surface area contributed by atoms with Gasteiger partial charge < -0.3 is 44.8 Å². The first-order chi connectivity index (χ1) is 24.7. The maximum Gasteiger partial charge on any atom is 0.135 e. The lowest BCUT2D eigenvalue weighted by Gasteiger charge is -2.26. The molecule has 3 heterocycles. The van der Waals surface area contributed by atoms with Crippen molar-refractivity contribution in [2.24, 2.45) is 0 Å². The Morgan fingerprint density at radius 2 is 0.569 bits per heavy atom. The summed E-state index contributed by atoms with van der Waals surface area (Å²) in [5.74, 6) is 0.123. The molecule has 0 spiro atoms. The highest BCUT2D eigenvalue weighted by atomic mass is 16.5. The lowest BCUT2D eigenvalue weighted by Crippen LogP contribution is -2.16. The van der Waals surface area contributed by atoms with Crippen LogP contribution in [-0.4, -0.2) is 30.6 Å². The predicted molar refractivity (Wildman–Crippen MR) is 184 cm³/mol. The molecule has 0 bridgehead atoms. The quantitative estimate of drug-likeness (QED) is 0.109. The van der Waals surface area contributed by atoms with Crippen LogP contribution in [0.4, 0.5) is 0 Å². The highest BCUT2D eigenvalue weighted by Crippen LogP contribution is 2.65. The molecular weight excluding hydrogens is 648 g/mol. The van der Waals surface area contributed by atoms with E-state index in [4.69, 9.17) is 14.2 Å². The van der Waals surface area contributed by atoms with Crippen LogP contribution in [0.15, 0.2) is 109 Å². The summed E-state index contributed by atoms with van der Waals surface area (Å²) in [6, 6.07) is 30.5. The van der Waals surface area contributed by atoms with Crippen molar-refractivity contribution in [3.63, 3.8) is 0 Å².